The Kier molecular flexibility index (Phi) is 114. The van der Waals surface area contributed by atoms with Gasteiger partial charge in [0.2, 0.25) is 0 Å². The molecule has 0 saturated carbocycles. The van der Waals surface area contributed by atoms with Gasteiger partial charge in [-0.15, -0.1) is 23.3 Å². The Labute approximate surface area is 71.1 Å². The van der Waals surface area contributed by atoms with E-state index in [1.54, 1.807) is 0 Å². The fourth-order valence-electron chi connectivity index (χ4n) is 0. The molecule has 0 atom stereocenters. The van der Waals surface area contributed by atoms with Gasteiger partial charge in [-0.25, -0.2) is 0 Å². The third kappa shape index (κ3) is 23.5. The molecule has 0 radical (unpaired) electrons. The first kappa shape index (κ1) is 15.7. The molecule has 0 aromatic heterocycles. The van der Waals surface area contributed by atoms with E-state index in [1.165, 1.54) is 0 Å². The van der Waals surface area contributed by atoms with E-state index in [0.717, 1.165) is 0 Å². The molecule has 0 aromatic rings. The van der Waals surface area contributed by atoms with E-state index in [4.69, 9.17) is 2.81 Å². The van der Waals surface area contributed by atoms with Crippen LogP contribution in [0.1, 0.15) is 0 Å². The standard InChI is InChI=1S/O.H2S2.W.Zr/c;1-2;;/h;1-2H;;. The van der Waals surface area contributed by atoms with Crippen molar-refractivity contribution in [3.05, 3.63) is 0 Å². The minimum absolute atomic E-state index is 0. The molecule has 0 rings (SSSR count). The minimum Gasteiger partial charge on any atom is 0 e. The van der Waals surface area contributed by atoms with E-state index in [2.05, 4.69) is 23.3 Å². The van der Waals surface area contributed by atoms with Gasteiger partial charge in [-0.2, -0.15) is 0 Å². The summed E-state index contributed by atoms with van der Waals surface area (Å²) in [6.07, 6.45) is 0. The minimum atomic E-state index is 0. The van der Waals surface area contributed by atoms with Crippen LogP contribution in [0.3, 0.4) is 0 Å². The Balaban J connectivity index is -0.0000000133. The second-order valence-electron chi connectivity index (χ2n) is 0. The molecule has 30 valence electrons. The van der Waals surface area contributed by atoms with E-state index in [9.17, 15) is 0 Å². The molecular formula is H2OS2WZr. The predicted molar refractivity (Wildman–Crippen MR) is 18.7 cm³/mol. The summed E-state index contributed by atoms with van der Waals surface area (Å²) in [5.74, 6) is 0. The first-order valence-corrected chi connectivity index (χ1v) is 3.01. The van der Waals surface area contributed by atoms with Gasteiger partial charge >= 0.3 is 27.5 Å². The molecule has 5 heavy (non-hydrogen) atoms. The molecule has 0 heterocycles. The molecular weight excluding hydrogens is 355 g/mol. The van der Waals surface area contributed by atoms with Crippen molar-refractivity contribution >= 4 is 23.3 Å². The van der Waals surface area contributed by atoms with Gasteiger partial charge in [-0.05, 0) is 0 Å². The van der Waals surface area contributed by atoms with E-state index in [0.29, 0.717) is 24.7 Å². The van der Waals surface area contributed by atoms with Gasteiger partial charge in [-0.1, -0.05) is 0 Å². The smallest absolute Gasteiger partial charge is 0 e. The maximum absolute atomic E-state index is 8.34. The molecule has 0 N–H and O–H groups in total. The molecule has 0 spiro atoms. The Hall–Kier alpha value is 2.07. The van der Waals surface area contributed by atoms with E-state index < -0.39 is 0 Å². The second kappa shape index (κ2) is 36.4. The first-order chi connectivity index (χ1) is 2.00. The monoisotopic (exact) mass is 356 g/mol. The largest absolute Gasteiger partial charge is 0 e. The van der Waals surface area contributed by atoms with Crippen molar-refractivity contribution in [2.45, 2.75) is 0 Å². The molecule has 0 aliphatic carbocycles. The van der Waals surface area contributed by atoms with Crippen LogP contribution in [0, 0.1) is 0 Å². The molecule has 0 amide bonds. The Morgan fingerprint density at radius 1 is 1.20 bits per heavy atom. The molecule has 1 nitrogen and oxygen atoms in total. The van der Waals surface area contributed by atoms with Crippen LogP contribution in [0.4, 0.5) is 0 Å². The molecule has 0 fully saturated rings. The predicted octanol–water partition coefficient (Wildman–Crippen LogP) is 0.637. The fourth-order valence-corrected chi connectivity index (χ4v) is 0. The summed E-state index contributed by atoms with van der Waals surface area (Å²) >= 11 is 6.74. The Morgan fingerprint density at radius 2 is 1.20 bits per heavy atom. The van der Waals surface area contributed by atoms with Gasteiger partial charge in [-0.3, -0.25) is 0 Å². The topological polar surface area (TPSA) is 17.1 Å². The van der Waals surface area contributed by atoms with Crippen LogP contribution < -0.4 is 0 Å². The Morgan fingerprint density at radius 3 is 1.20 bits per heavy atom. The first-order valence-electron chi connectivity index (χ1n) is 0.404. The summed E-state index contributed by atoms with van der Waals surface area (Å²) in [4.78, 5) is 0. The number of rotatable bonds is 0. The number of thiol groups is 2. The third-order valence-electron chi connectivity index (χ3n) is 0. The van der Waals surface area contributed by atoms with Crippen LogP contribution in [-0.2, 0) is 48.6 Å². The summed E-state index contributed by atoms with van der Waals surface area (Å²) < 4.78 is 8.34. The molecule has 5 heteroatoms. The second-order valence-corrected chi connectivity index (χ2v) is 0. The van der Waals surface area contributed by atoms with Crippen LogP contribution in [-0.4, -0.2) is 0 Å². The van der Waals surface area contributed by atoms with Crippen molar-refractivity contribution in [3.63, 3.8) is 0 Å². The van der Waals surface area contributed by atoms with Crippen molar-refractivity contribution in [2.24, 2.45) is 0 Å². The summed E-state index contributed by atoms with van der Waals surface area (Å²) in [6, 6.07) is 0. The van der Waals surface area contributed by atoms with Crippen LogP contribution >= 0.6 is 23.3 Å². The van der Waals surface area contributed by atoms with Gasteiger partial charge in [0.05, 0.1) is 0 Å². The van der Waals surface area contributed by atoms with E-state index in [1.807, 2.05) is 0 Å². The van der Waals surface area contributed by atoms with Gasteiger partial charge in [0.15, 0.2) is 0 Å². The summed E-state index contributed by atoms with van der Waals surface area (Å²) in [6.45, 7) is 0. The van der Waals surface area contributed by atoms with Gasteiger partial charge in [0.1, 0.15) is 0 Å². The van der Waals surface area contributed by atoms with Gasteiger partial charge in [0.25, 0.3) is 0 Å². The summed E-state index contributed by atoms with van der Waals surface area (Å²) in [5, 5.41) is 0. The maximum atomic E-state index is 8.34. The maximum Gasteiger partial charge on any atom is 0 e. The van der Waals surface area contributed by atoms with Crippen molar-refractivity contribution < 1.29 is 48.6 Å². The normalized spacial score (nSPS) is 1.80. The summed E-state index contributed by atoms with van der Waals surface area (Å²) in [7, 11) is 0. The van der Waals surface area contributed by atoms with E-state index in [-0.39, 0.29) is 21.1 Å². The van der Waals surface area contributed by atoms with Gasteiger partial charge in [0, 0.05) is 21.1 Å². The quantitative estimate of drug-likeness (QED) is 0.481. The summed E-state index contributed by atoms with van der Waals surface area (Å²) in [5.41, 5.74) is 0. The SMILES string of the molecule is SS.[O]=[Zr].[W]. The number of hydrogen-bond donors (Lipinski definition) is 2. The number of hydrogen-bond acceptors (Lipinski definition) is 3. The van der Waals surface area contributed by atoms with Crippen molar-refractivity contribution in [1.82, 2.24) is 0 Å². The Bertz CT molecular complexity index is 9.61. The van der Waals surface area contributed by atoms with Gasteiger partial charge < -0.3 is 0 Å². The molecule has 0 aliphatic rings. The zero-order valence-electron chi connectivity index (χ0n) is 2.21. The van der Waals surface area contributed by atoms with Crippen LogP contribution in [0.5, 0.6) is 0 Å². The zero-order valence-corrected chi connectivity index (χ0v) is 9.39. The van der Waals surface area contributed by atoms with Crippen LogP contribution in [0.25, 0.3) is 0 Å². The fraction of sp³-hybridized carbons (Fsp3) is 0. The zero-order chi connectivity index (χ0) is 4.00. The average Bonchev–Trinajstić information content (AvgIpc) is 1.50. The van der Waals surface area contributed by atoms with Crippen molar-refractivity contribution in [3.8, 4) is 0 Å². The molecule has 0 aromatic carbocycles. The van der Waals surface area contributed by atoms with Crippen molar-refractivity contribution in [1.29, 1.82) is 0 Å². The molecule has 0 unspecified atom stereocenters. The van der Waals surface area contributed by atoms with Crippen LogP contribution in [0.15, 0.2) is 0 Å². The third-order valence-corrected chi connectivity index (χ3v) is 0. The van der Waals surface area contributed by atoms with Crippen molar-refractivity contribution in [2.75, 3.05) is 0 Å². The molecule has 0 aliphatic heterocycles. The van der Waals surface area contributed by atoms with Crippen LogP contribution in [0.2, 0.25) is 0 Å². The molecule has 0 saturated heterocycles. The average molecular weight is 357 g/mol. The molecule has 0 bridgehead atoms. The van der Waals surface area contributed by atoms with E-state index >= 15 is 0 Å².